The van der Waals surface area contributed by atoms with E-state index in [0.717, 1.165) is 38.0 Å². The van der Waals surface area contributed by atoms with Crippen molar-refractivity contribution in [3.63, 3.8) is 0 Å². The minimum absolute atomic E-state index is 0.0213. The lowest BCUT2D eigenvalue weighted by atomic mass is 9.73. The van der Waals surface area contributed by atoms with Crippen molar-refractivity contribution < 1.29 is 13.9 Å². The quantitative estimate of drug-likeness (QED) is 0.866. The lowest BCUT2D eigenvalue weighted by molar-refractivity contribution is 0.00212. The molecule has 1 N–H and O–H groups in total. The third-order valence-electron chi connectivity index (χ3n) is 6.68. The first-order chi connectivity index (χ1) is 13.6. The van der Waals surface area contributed by atoms with Crippen molar-refractivity contribution in [1.29, 1.82) is 0 Å². The lowest BCUT2D eigenvalue weighted by Gasteiger charge is -2.29. The van der Waals surface area contributed by atoms with Crippen LogP contribution in [-0.2, 0) is 11.3 Å². The minimum Gasteiger partial charge on any atom is -0.370 e. The van der Waals surface area contributed by atoms with Gasteiger partial charge in [0, 0.05) is 43.6 Å². The molecule has 0 aromatic heterocycles. The molecule has 5 heteroatoms. The van der Waals surface area contributed by atoms with Crippen molar-refractivity contribution in [3.8, 4) is 0 Å². The summed E-state index contributed by atoms with van der Waals surface area (Å²) >= 11 is 0. The van der Waals surface area contributed by atoms with Gasteiger partial charge in [-0.1, -0.05) is 30.3 Å². The zero-order valence-electron chi connectivity index (χ0n) is 15.8. The number of carbonyl (C=O) groups is 1. The maximum atomic E-state index is 13.5. The number of benzene rings is 2. The van der Waals surface area contributed by atoms with Gasteiger partial charge in [-0.3, -0.25) is 9.69 Å². The van der Waals surface area contributed by atoms with E-state index in [2.05, 4.69) is 10.2 Å². The van der Waals surface area contributed by atoms with E-state index in [1.165, 1.54) is 6.07 Å². The van der Waals surface area contributed by atoms with Crippen molar-refractivity contribution in [2.24, 2.45) is 11.8 Å². The molecular formula is C23H25FN2O2. The van der Waals surface area contributed by atoms with Crippen LogP contribution in [0.15, 0.2) is 54.6 Å². The molecule has 1 amide bonds. The van der Waals surface area contributed by atoms with Gasteiger partial charge in [0.25, 0.3) is 5.91 Å². The number of carbonyl (C=O) groups excluding carboxylic acids is 1. The van der Waals surface area contributed by atoms with Crippen LogP contribution in [0.4, 0.5) is 4.39 Å². The van der Waals surface area contributed by atoms with Gasteiger partial charge in [0.2, 0.25) is 0 Å². The van der Waals surface area contributed by atoms with Crippen LogP contribution < -0.4 is 5.32 Å². The molecular weight excluding hydrogens is 355 g/mol. The summed E-state index contributed by atoms with van der Waals surface area (Å²) < 4.78 is 20.0. The van der Waals surface area contributed by atoms with Gasteiger partial charge in [0.15, 0.2) is 0 Å². The predicted molar refractivity (Wildman–Crippen MR) is 104 cm³/mol. The Bertz CT molecular complexity index is 874. The van der Waals surface area contributed by atoms with E-state index < -0.39 is 0 Å². The monoisotopic (exact) mass is 380 g/mol. The smallest absolute Gasteiger partial charge is 0.251 e. The number of amides is 1. The molecule has 28 heavy (non-hydrogen) atoms. The van der Waals surface area contributed by atoms with Crippen LogP contribution in [0.2, 0.25) is 0 Å². The van der Waals surface area contributed by atoms with Crippen molar-refractivity contribution in [2.75, 3.05) is 19.6 Å². The first kappa shape index (κ1) is 17.8. The summed E-state index contributed by atoms with van der Waals surface area (Å²) in [5.74, 6) is 0.565. The maximum Gasteiger partial charge on any atom is 0.251 e. The molecule has 146 valence electrons. The summed E-state index contributed by atoms with van der Waals surface area (Å²) in [5, 5.41) is 3.12. The summed E-state index contributed by atoms with van der Waals surface area (Å²) in [6, 6.07) is 16.2. The van der Waals surface area contributed by atoms with Gasteiger partial charge < -0.3 is 10.1 Å². The highest BCUT2D eigenvalue weighted by Crippen LogP contribution is 2.54. The Hall–Kier alpha value is -2.24. The summed E-state index contributed by atoms with van der Waals surface area (Å²) in [7, 11) is 0. The van der Waals surface area contributed by atoms with Crippen LogP contribution in [0, 0.1) is 17.7 Å². The first-order valence-electron chi connectivity index (χ1n) is 10.1. The molecule has 0 saturated carbocycles. The molecule has 4 nitrogen and oxygen atoms in total. The summed E-state index contributed by atoms with van der Waals surface area (Å²) in [6.45, 7) is 3.23. The topological polar surface area (TPSA) is 41.6 Å². The van der Waals surface area contributed by atoms with E-state index >= 15 is 0 Å². The second-order valence-electron chi connectivity index (χ2n) is 8.41. The molecule has 3 saturated heterocycles. The Balaban J connectivity index is 1.25. The van der Waals surface area contributed by atoms with Gasteiger partial charge in [-0.15, -0.1) is 0 Å². The Morgan fingerprint density at radius 1 is 1.21 bits per heavy atom. The summed E-state index contributed by atoms with van der Waals surface area (Å²) in [4.78, 5) is 14.8. The number of nitrogens with zero attached hydrogens (tertiary/aromatic N) is 1. The van der Waals surface area contributed by atoms with E-state index in [0.29, 0.717) is 23.9 Å². The third-order valence-corrected chi connectivity index (χ3v) is 6.68. The third kappa shape index (κ3) is 3.12. The molecule has 3 heterocycles. The fourth-order valence-corrected chi connectivity index (χ4v) is 5.48. The number of hydrogen-bond acceptors (Lipinski definition) is 3. The molecule has 0 aliphatic carbocycles. The molecule has 1 spiro atoms. The Morgan fingerprint density at radius 3 is 2.89 bits per heavy atom. The van der Waals surface area contributed by atoms with Crippen LogP contribution in [0.3, 0.4) is 0 Å². The van der Waals surface area contributed by atoms with Gasteiger partial charge in [0.05, 0.1) is 11.7 Å². The Kier molecular flexibility index (Phi) is 4.44. The molecule has 5 rings (SSSR count). The highest BCUT2D eigenvalue weighted by molar-refractivity contribution is 5.94. The average Bonchev–Trinajstić information content (AvgIpc) is 3.35. The highest BCUT2D eigenvalue weighted by Gasteiger charge is 2.62. The number of ether oxygens (including phenoxy) is 1. The molecule has 4 atom stereocenters. The Morgan fingerprint density at radius 2 is 2.07 bits per heavy atom. The van der Waals surface area contributed by atoms with Crippen LogP contribution in [0.25, 0.3) is 0 Å². The predicted octanol–water partition coefficient (Wildman–Crippen LogP) is 3.24. The largest absolute Gasteiger partial charge is 0.370 e. The Labute approximate surface area is 164 Å². The van der Waals surface area contributed by atoms with Crippen molar-refractivity contribution in [3.05, 3.63) is 71.5 Å². The van der Waals surface area contributed by atoms with E-state index in [4.69, 9.17) is 4.74 Å². The van der Waals surface area contributed by atoms with Crippen molar-refractivity contribution in [1.82, 2.24) is 10.2 Å². The zero-order chi connectivity index (χ0) is 19.1. The zero-order valence-corrected chi connectivity index (χ0v) is 15.8. The number of halogens is 1. The molecule has 3 aliphatic heterocycles. The highest BCUT2D eigenvalue weighted by atomic mass is 19.1. The fourth-order valence-electron chi connectivity index (χ4n) is 5.48. The SMILES string of the molecule is O=C(NC[C@H]1[C@H]2CN(Cc3cccc(F)c3)C[C@]23CC[C@H]1O3)c1ccccc1. The van der Waals surface area contributed by atoms with Crippen molar-refractivity contribution in [2.45, 2.75) is 31.1 Å². The summed E-state index contributed by atoms with van der Waals surface area (Å²) in [6.07, 6.45) is 2.40. The molecule has 0 radical (unpaired) electrons. The molecule has 0 unspecified atom stereocenters. The average molecular weight is 380 g/mol. The van der Waals surface area contributed by atoms with Gasteiger partial charge in [-0.2, -0.15) is 0 Å². The van der Waals surface area contributed by atoms with E-state index in [1.54, 1.807) is 12.1 Å². The van der Waals surface area contributed by atoms with Crippen LogP contribution in [0.5, 0.6) is 0 Å². The van der Waals surface area contributed by atoms with Gasteiger partial charge >= 0.3 is 0 Å². The molecule has 3 aliphatic rings. The standard InChI is InChI=1S/C23H25FN2O2/c24-18-8-4-5-16(11-18)13-26-14-20-19(21-9-10-23(20,15-26)28-21)12-25-22(27)17-6-2-1-3-7-17/h1-8,11,19-21H,9-10,12-15H2,(H,25,27)/t19-,20+,21+,23+/m0/s1. The van der Waals surface area contributed by atoms with E-state index in [1.807, 2.05) is 36.4 Å². The maximum absolute atomic E-state index is 13.5. The number of fused-ring (bicyclic) bond motifs is 1. The molecule has 3 fully saturated rings. The van der Waals surface area contributed by atoms with Gasteiger partial charge in [-0.25, -0.2) is 4.39 Å². The first-order valence-corrected chi connectivity index (χ1v) is 10.1. The van der Waals surface area contributed by atoms with Crippen LogP contribution >= 0.6 is 0 Å². The van der Waals surface area contributed by atoms with Gasteiger partial charge in [0.1, 0.15) is 5.82 Å². The molecule has 2 aromatic rings. The van der Waals surface area contributed by atoms with Crippen LogP contribution in [-0.4, -0.2) is 42.1 Å². The summed E-state index contributed by atoms with van der Waals surface area (Å²) in [5.41, 5.74) is 1.61. The van der Waals surface area contributed by atoms with Crippen LogP contribution in [0.1, 0.15) is 28.8 Å². The number of likely N-dealkylation sites (tertiary alicyclic amines) is 1. The minimum atomic E-state index is -0.186. The number of hydrogen-bond donors (Lipinski definition) is 1. The second-order valence-corrected chi connectivity index (χ2v) is 8.41. The number of nitrogens with one attached hydrogen (secondary N) is 1. The molecule has 2 aromatic carbocycles. The molecule has 2 bridgehead atoms. The fraction of sp³-hybridized carbons (Fsp3) is 0.435. The number of rotatable bonds is 5. The lowest BCUT2D eigenvalue weighted by Crippen LogP contribution is -2.41. The van der Waals surface area contributed by atoms with Crippen molar-refractivity contribution >= 4 is 5.91 Å². The van der Waals surface area contributed by atoms with E-state index in [-0.39, 0.29) is 23.4 Å². The normalized spacial score (nSPS) is 31.1. The van der Waals surface area contributed by atoms with E-state index in [9.17, 15) is 9.18 Å². The second kappa shape index (κ2) is 6.98. The van der Waals surface area contributed by atoms with Gasteiger partial charge in [-0.05, 0) is 42.7 Å².